The van der Waals surface area contributed by atoms with Gasteiger partial charge in [0, 0.05) is 16.2 Å². The van der Waals surface area contributed by atoms with Crippen molar-refractivity contribution in [2.75, 3.05) is 6.26 Å². The van der Waals surface area contributed by atoms with E-state index in [0.29, 0.717) is 23.4 Å². The molecular formula is C27H23FN4O2S. The number of aromatic nitrogens is 2. The molecule has 0 aliphatic carbocycles. The van der Waals surface area contributed by atoms with Crippen molar-refractivity contribution in [1.29, 1.82) is 0 Å². The molecule has 3 aromatic carbocycles. The average molecular weight is 487 g/mol. The maximum Gasteiger partial charge on any atom is 0.322 e. The number of hydrogen-bond acceptors (Lipinski definition) is 5. The SMILES string of the molecule is CSc1ccc(C2NC(=O)N(Cc3ccccc3)C(C)=C2c2nc(-c3cccc(F)c3)no2)cc1. The highest BCUT2D eigenvalue weighted by Gasteiger charge is 2.35. The lowest BCUT2D eigenvalue weighted by Gasteiger charge is -2.35. The molecule has 8 heteroatoms. The minimum absolute atomic E-state index is 0.209. The lowest BCUT2D eigenvalue weighted by molar-refractivity contribution is 0.203. The van der Waals surface area contributed by atoms with Gasteiger partial charge in [-0.2, -0.15) is 4.98 Å². The summed E-state index contributed by atoms with van der Waals surface area (Å²) in [6.07, 6.45) is 2.01. The Morgan fingerprint density at radius 2 is 1.83 bits per heavy atom. The van der Waals surface area contributed by atoms with Crippen molar-refractivity contribution in [1.82, 2.24) is 20.4 Å². The highest BCUT2D eigenvalue weighted by Crippen LogP contribution is 2.38. The Morgan fingerprint density at radius 3 is 2.54 bits per heavy atom. The van der Waals surface area contributed by atoms with Crippen LogP contribution in [0.1, 0.15) is 30.0 Å². The molecule has 2 heterocycles. The van der Waals surface area contributed by atoms with Crippen LogP contribution in [0.3, 0.4) is 0 Å². The molecule has 4 aromatic rings. The normalized spacial score (nSPS) is 15.9. The summed E-state index contributed by atoms with van der Waals surface area (Å²) in [6, 6.07) is 23.1. The number of allylic oxidation sites excluding steroid dienone is 1. The predicted octanol–water partition coefficient (Wildman–Crippen LogP) is 6.30. The topological polar surface area (TPSA) is 71.3 Å². The first-order valence-corrected chi connectivity index (χ1v) is 12.3. The lowest BCUT2D eigenvalue weighted by Crippen LogP contribution is -2.45. The summed E-state index contributed by atoms with van der Waals surface area (Å²) in [4.78, 5) is 20.6. The Hall–Kier alpha value is -3.91. The number of carbonyl (C=O) groups is 1. The Labute approximate surface area is 206 Å². The molecule has 2 amide bonds. The molecule has 0 saturated heterocycles. The molecule has 35 heavy (non-hydrogen) atoms. The van der Waals surface area contributed by atoms with Gasteiger partial charge in [-0.3, -0.25) is 4.90 Å². The van der Waals surface area contributed by atoms with E-state index in [1.54, 1.807) is 28.8 Å². The zero-order chi connectivity index (χ0) is 24.4. The fourth-order valence-electron chi connectivity index (χ4n) is 4.14. The first-order valence-electron chi connectivity index (χ1n) is 11.1. The standard InChI is InChI=1S/C27H23FN4O2S/c1-17-23(26-30-25(31-34-26)20-9-6-10-21(28)15-20)24(19-11-13-22(35-2)14-12-19)29-27(33)32(17)16-18-7-4-3-5-8-18/h3-15,24H,16H2,1-2H3,(H,29,33). The van der Waals surface area contributed by atoms with E-state index in [2.05, 4.69) is 15.5 Å². The summed E-state index contributed by atoms with van der Waals surface area (Å²) in [5, 5.41) is 7.21. The lowest BCUT2D eigenvalue weighted by atomic mass is 9.94. The van der Waals surface area contributed by atoms with Crippen molar-refractivity contribution in [2.24, 2.45) is 0 Å². The van der Waals surface area contributed by atoms with Gasteiger partial charge in [-0.1, -0.05) is 59.8 Å². The average Bonchev–Trinajstić information content (AvgIpc) is 3.37. The summed E-state index contributed by atoms with van der Waals surface area (Å²) in [7, 11) is 0. The number of nitrogens with zero attached hydrogens (tertiary/aromatic N) is 3. The molecule has 1 unspecified atom stereocenters. The second kappa shape index (κ2) is 9.76. The fraction of sp³-hybridized carbons (Fsp3) is 0.148. The van der Waals surface area contributed by atoms with Crippen LogP contribution in [0.2, 0.25) is 0 Å². The first kappa shape index (κ1) is 22.9. The van der Waals surface area contributed by atoms with E-state index in [0.717, 1.165) is 16.0 Å². The van der Waals surface area contributed by atoms with Crippen molar-refractivity contribution < 1.29 is 13.7 Å². The molecule has 176 valence electrons. The minimum Gasteiger partial charge on any atom is -0.334 e. The van der Waals surface area contributed by atoms with Crippen LogP contribution in [-0.2, 0) is 6.54 Å². The highest BCUT2D eigenvalue weighted by molar-refractivity contribution is 7.98. The Kier molecular flexibility index (Phi) is 6.37. The minimum atomic E-state index is -0.480. The van der Waals surface area contributed by atoms with Gasteiger partial charge in [0.1, 0.15) is 5.82 Å². The van der Waals surface area contributed by atoms with Gasteiger partial charge in [-0.25, -0.2) is 9.18 Å². The van der Waals surface area contributed by atoms with Crippen LogP contribution in [0, 0.1) is 5.82 Å². The van der Waals surface area contributed by atoms with Gasteiger partial charge in [0.05, 0.1) is 18.2 Å². The predicted molar refractivity (Wildman–Crippen MR) is 134 cm³/mol. The van der Waals surface area contributed by atoms with Gasteiger partial charge >= 0.3 is 6.03 Å². The van der Waals surface area contributed by atoms with Gasteiger partial charge in [-0.05, 0) is 48.6 Å². The molecule has 5 rings (SSSR count). The van der Waals surface area contributed by atoms with Crippen LogP contribution in [0.5, 0.6) is 0 Å². The molecule has 1 atom stereocenters. The summed E-state index contributed by atoms with van der Waals surface area (Å²) in [6.45, 7) is 2.28. The molecule has 1 N–H and O–H groups in total. The second-order valence-corrected chi connectivity index (χ2v) is 9.04. The number of amides is 2. The van der Waals surface area contributed by atoms with Gasteiger partial charge < -0.3 is 9.84 Å². The number of thioether (sulfide) groups is 1. The van der Waals surface area contributed by atoms with Crippen molar-refractivity contribution >= 4 is 23.4 Å². The van der Waals surface area contributed by atoms with Crippen LogP contribution >= 0.6 is 11.8 Å². The third kappa shape index (κ3) is 4.70. The zero-order valence-corrected chi connectivity index (χ0v) is 20.1. The molecule has 1 aliphatic heterocycles. The molecule has 0 bridgehead atoms. The van der Waals surface area contributed by atoms with E-state index < -0.39 is 6.04 Å². The smallest absolute Gasteiger partial charge is 0.322 e. The van der Waals surface area contributed by atoms with E-state index in [4.69, 9.17) is 4.52 Å². The van der Waals surface area contributed by atoms with Crippen LogP contribution in [-0.4, -0.2) is 27.3 Å². The van der Waals surface area contributed by atoms with E-state index >= 15 is 0 Å². The van der Waals surface area contributed by atoms with Crippen LogP contribution in [0.25, 0.3) is 17.0 Å². The van der Waals surface area contributed by atoms with Crippen LogP contribution in [0.4, 0.5) is 9.18 Å². The number of urea groups is 1. The van der Waals surface area contributed by atoms with Gasteiger partial charge in [-0.15, -0.1) is 11.8 Å². The monoisotopic (exact) mass is 486 g/mol. The zero-order valence-electron chi connectivity index (χ0n) is 19.2. The number of halogens is 1. The largest absolute Gasteiger partial charge is 0.334 e. The van der Waals surface area contributed by atoms with Gasteiger partial charge in [0.2, 0.25) is 5.82 Å². The van der Waals surface area contributed by atoms with E-state index in [1.807, 2.05) is 67.8 Å². The highest BCUT2D eigenvalue weighted by atomic mass is 32.2. The number of carbonyl (C=O) groups excluding carboxylic acids is 1. The summed E-state index contributed by atoms with van der Waals surface area (Å²) in [5.41, 5.74) is 3.82. The van der Waals surface area contributed by atoms with E-state index in [9.17, 15) is 9.18 Å². The van der Waals surface area contributed by atoms with Crippen molar-refractivity contribution in [3.63, 3.8) is 0 Å². The quantitative estimate of drug-likeness (QED) is 0.324. The van der Waals surface area contributed by atoms with Crippen molar-refractivity contribution in [2.45, 2.75) is 24.4 Å². The van der Waals surface area contributed by atoms with E-state index in [1.165, 1.54) is 12.1 Å². The molecular weight excluding hydrogens is 463 g/mol. The number of nitrogens with one attached hydrogen (secondary N) is 1. The summed E-state index contributed by atoms with van der Waals surface area (Å²) < 4.78 is 19.4. The van der Waals surface area contributed by atoms with Crippen LogP contribution in [0.15, 0.2) is 94.0 Å². The summed E-state index contributed by atoms with van der Waals surface area (Å²) in [5.74, 6) is 0.177. The molecule has 6 nitrogen and oxygen atoms in total. The summed E-state index contributed by atoms with van der Waals surface area (Å²) >= 11 is 1.65. The number of rotatable bonds is 6. The maximum absolute atomic E-state index is 13.8. The number of hydrogen-bond donors (Lipinski definition) is 1. The third-order valence-electron chi connectivity index (χ3n) is 5.97. The Bertz CT molecular complexity index is 1390. The van der Waals surface area contributed by atoms with Gasteiger partial charge in [0.25, 0.3) is 5.89 Å². The maximum atomic E-state index is 13.8. The Morgan fingerprint density at radius 1 is 1.06 bits per heavy atom. The van der Waals surface area contributed by atoms with Gasteiger partial charge in [0.15, 0.2) is 0 Å². The van der Waals surface area contributed by atoms with E-state index in [-0.39, 0.29) is 23.6 Å². The first-order chi connectivity index (χ1) is 17.0. The molecule has 1 aliphatic rings. The Balaban J connectivity index is 1.59. The molecule has 0 fully saturated rings. The van der Waals surface area contributed by atoms with Crippen molar-refractivity contribution in [3.05, 3.63) is 107 Å². The molecule has 0 saturated carbocycles. The third-order valence-corrected chi connectivity index (χ3v) is 6.71. The fourth-order valence-corrected chi connectivity index (χ4v) is 4.55. The second-order valence-electron chi connectivity index (χ2n) is 8.16. The van der Waals surface area contributed by atoms with Crippen molar-refractivity contribution in [3.8, 4) is 11.4 Å². The molecule has 0 spiro atoms. The molecule has 1 aromatic heterocycles. The van der Waals surface area contributed by atoms with Crippen LogP contribution < -0.4 is 5.32 Å². The molecule has 0 radical (unpaired) electrons. The number of benzene rings is 3.